The Morgan fingerprint density at radius 2 is 1.92 bits per heavy atom. The van der Waals surface area contributed by atoms with Crippen LogP contribution in [0.1, 0.15) is 27.2 Å². The molecule has 3 aliphatic carbocycles. The molecule has 1 unspecified atom stereocenters. The van der Waals surface area contributed by atoms with Gasteiger partial charge in [0.05, 0.1) is 0 Å². The maximum Gasteiger partial charge on any atom is 4.00 e. The summed E-state index contributed by atoms with van der Waals surface area (Å²) in [6.07, 6.45) is 18.0. The molecule has 0 aromatic rings. The van der Waals surface area contributed by atoms with Crippen molar-refractivity contribution < 1.29 is 51.0 Å². The van der Waals surface area contributed by atoms with Gasteiger partial charge in [-0.2, -0.15) is 12.2 Å². The summed E-state index contributed by atoms with van der Waals surface area (Å²) in [6, 6.07) is 0. The van der Waals surface area contributed by atoms with Gasteiger partial charge in [-0.15, -0.1) is 63.0 Å². The quantitative estimate of drug-likeness (QED) is 0.406. The van der Waals surface area contributed by atoms with Crippen molar-refractivity contribution in [2.75, 3.05) is 0 Å². The first-order valence-corrected chi connectivity index (χ1v) is 8.76. The van der Waals surface area contributed by atoms with Gasteiger partial charge in [-0.3, -0.25) is 6.08 Å². The Balaban J connectivity index is 0.000000578. The van der Waals surface area contributed by atoms with Crippen LogP contribution >= 0.6 is 27.7 Å². The van der Waals surface area contributed by atoms with Gasteiger partial charge in [0.2, 0.25) is 0 Å². The zero-order chi connectivity index (χ0) is 15.0. The normalized spacial score (nSPS) is 22.2. The van der Waals surface area contributed by atoms with Crippen molar-refractivity contribution in [2.45, 2.75) is 32.4 Å². The number of halogens is 3. The van der Waals surface area contributed by atoms with Gasteiger partial charge >= 0.3 is 26.2 Å². The van der Waals surface area contributed by atoms with Crippen LogP contribution < -0.4 is 24.8 Å². The largest absolute Gasteiger partial charge is 4.00 e. The van der Waals surface area contributed by atoms with Crippen LogP contribution in [0.25, 0.3) is 0 Å². The minimum absolute atomic E-state index is 0. The fourth-order valence-electron chi connectivity index (χ4n) is 2.71. The van der Waals surface area contributed by atoms with E-state index in [1.165, 1.54) is 37.3 Å². The maximum absolute atomic E-state index is 3.76. The molecule has 0 radical (unpaired) electrons. The molecule has 0 spiro atoms. The summed E-state index contributed by atoms with van der Waals surface area (Å²) in [6.45, 7) is 6.53. The molecule has 0 fully saturated rings. The molecule has 1 heterocycles. The average Bonchev–Trinajstić information content (AvgIpc) is 3.14. The SMILES string of the molecule is CC1=CC2=CC3SC(C)=C(C)C3=C(Br)C2=[C-]1.[C-]1=CC=CC1.[Cl-].[Cl-].[Zr+4]. The summed E-state index contributed by atoms with van der Waals surface area (Å²) < 4.78 is 1.24. The third-order valence-electron chi connectivity index (χ3n) is 3.88. The van der Waals surface area contributed by atoms with Crippen LogP contribution in [0.3, 0.4) is 0 Å². The second-order valence-corrected chi connectivity index (χ2v) is 7.55. The summed E-state index contributed by atoms with van der Waals surface area (Å²) >= 11 is 5.71. The Labute approximate surface area is 189 Å². The van der Waals surface area contributed by atoms with Gasteiger partial charge in [0.1, 0.15) is 0 Å². The van der Waals surface area contributed by atoms with E-state index in [4.69, 9.17) is 0 Å². The van der Waals surface area contributed by atoms with E-state index >= 15 is 0 Å². The van der Waals surface area contributed by atoms with E-state index in [1.807, 2.05) is 23.9 Å². The fourth-order valence-corrected chi connectivity index (χ4v) is 5.03. The molecule has 4 aliphatic rings. The van der Waals surface area contributed by atoms with Crippen molar-refractivity contribution in [1.29, 1.82) is 0 Å². The Kier molecular flexibility index (Phi) is 10.8. The van der Waals surface area contributed by atoms with Gasteiger partial charge in [-0.05, 0) is 24.3 Å². The van der Waals surface area contributed by atoms with Crippen molar-refractivity contribution in [3.05, 3.63) is 79.8 Å². The molecule has 0 amide bonds. The first-order valence-electron chi connectivity index (χ1n) is 7.08. The first kappa shape index (κ1) is 24.5. The second-order valence-electron chi connectivity index (χ2n) is 5.40. The van der Waals surface area contributed by atoms with Crippen LogP contribution in [0.15, 0.2) is 67.6 Å². The van der Waals surface area contributed by atoms with Gasteiger partial charge in [-0.25, -0.2) is 12.2 Å². The molecule has 24 heavy (non-hydrogen) atoms. The predicted octanol–water partition coefficient (Wildman–Crippen LogP) is -0.0146. The Hall–Kier alpha value is 0.473. The van der Waals surface area contributed by atoms with Crippen LogP contribution in [0.2, 0.25) is 0 Å². The summed E-state index contributed by atoms with van der Waals surface area (Å²) in [5.74, 6) is 0. The van der Waals surface area contributed by atoms with E-state index < -0.39 is 0 Å². The van der Waals surface area contributed by atoms with E-state index in [9.17, 15) is 0 Å². The molecule has 0 aromatic heterocycles. The molecular weight excluding hydrogens is 502 g/mol. The molecular formula is C19H17BrCl2SZr. The minimum atomic E-state index is 0. The minimum Gasteiger partial charge on any atom is -1.00 e. The predicted molar refractivity (Wildman–Crippen MR) is 95.9 cm³/mol. The molecule has 1 aliphatic heterocycles. The third kappa shape index (κ3) is 5.01. The molecule has 0 saturated carbocycles. The van der Waals surface area contributed by atoms with Crippen LogP contribution in [0, 0.1) is 12.2 Å². The molecule has 5 heteroatoms. The van der Waals surface area contributed by atoms with E-state index in [0.717, 1.165) is 6.42 Å². The topological polar surface area (TPSA) is 0 Å². The van der Waals surface area contributed by atoms with Crippen LogP contribution in [0.5, 0.6) is 0 Å². The zero-order valence-corrected chi connectivity index (χ0v) is 20.1. The molecule has 0 nitrogen and oxygen atoms in total. The van der Waals surface area contributed by atoms with Gasteiger partial charge in [-0.1, -0.05) is 17.0 Å². The van der Waals surface area contributed by atoms with E-state index in [2.05, 4.69) is 67.1 Å². The standard InChI is InChI=1S/C14H12BrS.C5H5.2ClH.Zr/c1-7-4-10-6-12-13(8(2)9(3)16-12)14(15)11(10)5-7;1-2-4-5-3-1;;;/h4,6,12H,1-3H3;1-3H,4H2;2*1H;/q2*-1;;;+4/p-2. The van der Waals surface area contributed by atoms with Crippen molar-refractivity contribution in [2.24, 2.45) is 0 Å². The average molecular weight is 519 g/mol. The van der Waals surface area contributed by atoms with Crippen LogP contribution in [0.4, 0.5) is 0 Å². The van der Waals surface area contributed by atoms with E-state index in [-0.39, 0.29) is 51.0 Å². The van der Waals surface area contributed by atoms with E-state index in [0.29, 0.717) is 5.25 Å². The second kappa shape index (κ2) is 10.6. The Bertz CT molecular complexity index is 699. The van der Waals surface area contributed by atoms with Gasteiger partial charge in [0, 0.05) is 5.25 Å². The van der Waals surface area contributed by atoms with Gasteiger partial charge in [0.25, 0.3) is 0 Å². The van der Waals surface area contributed by atoms with Crippen LogP contribution in [-0.4, -0.2) is 5.25 Å². The maximum atomic E-state index is 3.76. The molecule has 4 rings (SSSR count). The molecule has 0 aromatic carbocycles. The number of fused-ring (bicyclic) bond motifs is 2. The molecule has 0 saturated heterocycles. The zero-order valence-electron chi connectivity index (χ0n) is 13.7. The molecule has 124 valence electrons. The summed E-state index contributed by atoms with van der Waals surface area (Å²) in [4.78, 5) is 1.44. The number of thioether (sulfide) groups is 1. The van der Waals surface area contributed by atoms with Crippen molar-refractivity contribution in [3.8, 4) is 0 Å². The molecule has 1 atom stereocenters. The number of hydrogen-bond acceptors (Lipinski definition) is 1. The Morgan fingerprint density at radius 3 is 2.46 bits per heavy atom. The monoisotopic (exact) mass is 516 g/mol. The van der Waals surface area contributed by atoms with Crippen LogP contribution in [-0.2, 0) is 26.2 Å². The number of rotatable bonds is 0. The third-order valence-corrected chi connectivity index (χ3v) is 5.99. The number of hydrogen-bond donors (Lipinski definition) is 0. The summed E-state index contributed by atoms with van der Waals surface area (Å²) in [7, 11) is 0. The van der Waals surface area contributed by atoms with Crippen molar-refractivity contribution in [1.82, 2.24) is 0 Å². The van der Waals surface area contributed by atoms with Crippen molar-refractivity contribution >= 4 is 27.7 Å². The smallest absolute Gasteiger partial charge is 1.00 e. The van der Waals surface area contributed by atoms with Gasteiger partial charge in [0.15, 0.2) is 0 Å². The fraction of sp³-hybridized carbons (Fsp3) is 0.263. The molecule has 0 N–H and O–H groups in total. The number of allylic oxidation sites excluding steroid dienone is 12. The summed E-state index contributed by atoms with van der Waals surface area (Å²) in [5, 5.41) is 0.497. The first-order chi connectivity index (χ1) is 10.1. The van der Waals surface area contributed by atoms with E-state index in [1.54, 1.807) is 0 Å². The summed E-state index contributed by atoms with van der Waals surface area (Å²) in [5.41, 5.74) is 6.65. The van der Waals surface area contributed by atoms with Gasteiger partial charge < -0.3 is 24.8 Å². The van der Waals surface area contributed by atoms with Crippen molar-refractivity contribution in [3.63, 3.8) is 0 Å². The Morgan fingerprint density at radius 1 is 1.21 bits per heavy atom. The molecule has 0 bridgehead atoms.